The van der Waals surface area contributed by atoms with Crippen LogP contribution in [0.15, 0.2) is 66.9 Å². The minimum atomic E-state index is -4.79. The fourth-order valence-corrected chi connectivity index (χ4v) is 3.90. The van der Waals surface area contributed by atoms with E-state index >= 15 is 0 Å². The van der Waals surface area contributed by atoms with Crippen LogP contribution in [0.2, 0.25) is 0 Å². The first-order chi connectivity index (χ1) is 18.1. The second-order valence-corrected chi connectivity index (χ2v) is 8.48. The number of benzene rings is 2. The molecule has 12 heteroatoms. The van der Waals surface area contributed by atoms with E-state index in [1.54, 1.807) is 35.0 Å². The number of hydrogen-bond acceptors (Lipinski definition) is 6. The fourth-order valence-electron chi connectivity index (χ4n) is 3.90. The molecule has 1 atom stereocenters. The van der Waals surface area contributed by atoms with Crippen molar-refractivity contribution < 1.29 is 37.7 Å². The number of aryl methyl sites for hydroxylation is 1. The summed E-state index contributed by atoms with van der Waals surface area (Å²) in [6.45, 7) is 0.232. The maximum absolute atomic E-state index is 12.6. The first-order valence-corrected chi connectivity index (χ1v) is 11.5. The lowest BCUT2D eigenvalue weighted by molar-refractivity contribution is -0.274. The fraction of sp³-hybridized carbons (Fsp3) is 0.231. The van der Waals surface area contributed by atoms with E-state index in [2.05, 4.69) is 20.0 Å². The van der Waals surface area contributed by atoms with E-state index in [-0.39, 0.29) is 37.3 Å². The van der Waals surface area contributed by atoms with Crippen molar-refractivity contribution >= 4 is 23.0 Å². The molecule has 0 aliphatic rings. The van der Waals surface area contributed by atoms with Gasteiger partial charge in [-0.15, -0.1) is 13.2 Å². The Morgan fingerprint density at radius 1 is 1.03 bits per heavy atom. The summed E-state index contributed by atoms with van der Waals surface area (Å²) in [5.74, 6) is -1.47. The van der Waals surface area contributed by atoms with Crippen LogP contribution in [0, 0.1) is 0 Å². The minimum absolute atomic E-state index is 0.0395. The largest absolute Gasteiger partial charge is 0.573 e. The molecule has 38 heavy (non-hydrogen) atoms. The van der Waals surface area contributed by atoms with Gasteiger partial charge >= 0.3 is 12.3 Å². The molecule has 3 N–H and O–H groups in total. The van der Waals surface area contributed by atoms with Gasteiger partial charge in [-0.1, -0.05) is 24.3 Å². The number of nitrogens with zero attached hydrogens (tertiary/aromatic N) is 3. The molecular formula is C26H23F3N4O5. The normalized spacial score (nSPS) is 12.3. The van der Waals surface area contributed by atoms with Gasteiger partial charge in [0, 0.05) is 25.5 Å². The Kier molecular flexibility index (Phi) is 7.79. The number of fused-ring (bicyclic) bond motifs is 1. The first-order valence-electron chi connectivity index (χ1n) is 11.5. The standard InChI is InChI=1S/C26H23F3N4O5/c27-26(28,29)38-19-9-5-17(6-10-19)15-33-22(31-20-2-1-13-30-24(20)33)11-12-23(35)32-21(25(36)37)14-16-3-7-18(34)8-4-16/h1-10,13,21,34H,11-12,14-15H2,(H,32,35)(H,36,37)/t21-/m0/s1. The molecule has 0 aliphatic heterocycles. The zero-order chi connectivity index (χ0) is 27.3. The van der Waals surface area contributed by atoms with Crippen molar-refractivity contribution in [3.63, 3.8) is 0 Å². The molecule has 2 aromatic heterocycles. The van der Waals surface area contributed by atoms with E-state index in [0.29, 0.717) is 28.1 Å². The molecular weight excluding hydrogens is 505 g/mol. The molecule has 4 aromatic rings. The van der Waals surface area contributed by atoms with E-state index in [4.69, 9.17) is 0 Å². The summed E-state index contributed by atoms with van der Waals surface area (Å²) in [6, 6.07) is 13.7. The second-order valence-electron chi connectivity index (χ2n) is 8.48. The molecule has 0 aliphatic carbocycles. The predicted octanol–water partition coefficient (Wildman–Crippen LogP) is 3.83. The number of carboxylic acid groups (broad SMARTS) is 1. The first kappa shape index (κ1) is 26.5. The zero-order valence-corrected chi connectivity index (χ0v) is 19.9. The van der Waals surface area contributed by atoms with Crippen LogP contribution in [0.25, 0.3) is 11.2 Å². The number of hydrogen-bond donors (Lipinski definition) is 3. The topological polar surface area (TPSA) is 127 Å². The van der Waals surface area contributed by atoms with Crippen molar-refractivity contribution in [2.24, 2.45) is 0 Å². The van der Waals surface area contributed by atoms with E-state index < -0.39 is 24.3 Å². The van der Waals surface area contributed by atoms with Crippen molar-refractivity contribution in [2.45, 2.75) is 38.2 Å². The van der Waals surface area contributed by atoms with Gasteiger partial charge in [0.1, 0.15) is 28.9 Å². The van der Waals surface area contributed by atoms with Gasteiger partial charge < -0.3 is 24.8 Å². The third-order valence-electron chi connectivity index (χ3n) is 5.67. The van der Waals surface area contributed by atoms with Crippen molar-refractivity contribution in [2.75, 3.05) is 0 Å². The second kappa shape index (κ2) is 11.2. The summed E-state index contributed by atoms with van der Waals surface area (Å²) in [6.07, 6.45) is -3.05. The smallest absolute Gasteiger partial charge is 0.508 e. The van der Waals surface area contributed by atoms with Gasteiger partial charge in [-0.2, -0.15) is 0 Å². The Balaban J connectivity index is 1.45. The lowest BCUT2D eigenvalue weighted by Crippen LogP contribution is -2.42. The van der Waals surface area contributed by atoms with Gasteiger partial charge in [0.15, 0.2) is 5.65 Å². The van der Waals surface area contributed by atoms with Gasteiger partial charge in [0.2, 0.25) is 5.91 Å². The molecule has 198 valence electrons. The number of phenolic OH excluding ortho intramolecular Hbond substituents is 1. The number of aromatic nitrogens is 3. The number of halogens is 3. The van der Waals surface area contributed by atoms with Gasteiger partial charge in [-0.3, -0.25) is 4.79 Å². The van der Waals surface area contributed by atoms with Gasteiger partial charge in [0.05, 0.1) is 6.54 Å². The minimum Gasteiger partial charge on any atom is -0.508 e. The van der Waals surface area contributed by atoms with E-state index in [1.165, 1.54) is 36.4 Å². The lowest BCUT2D eigenvalue weighted by Gasteiger charge is -2.15. The number of alkyl halides is 3. The van der Waals surface area contributed by atoms with Crippen LogP contribution in [-0.4, -0.2) is 49.0 Å². The number of aromatic hydroxyl groups is 1. The molecule has 9 nitrogen and oxygen atoms in total. The summed E-state index contributed by atoms with van der Waals surface area (Å²) in [5, 5.41) is 21.5. The quantitative estimate of drug-likeness (QED) is 0.286. The van der Waals surface area contributed by atoms with Crippen LogP contribution < -0.4 is 10.1 Å². The molecule has 4 rings (SSSR count). The van der Waals surface area contributed by atoms with Crippen LogP contribution in [-0.2, 0) is 29.0 Å². The molecule has 0 saturated carbocycles. The Hall–Kier alpha value is -4.61. The lowest BCUT2D eigenvalue weighted by atomic mass is 10.1. The average molecular weight is 528 g/mol. The molecule has 2 heterocycles. The third-order valence-corrected chi connectivity index (χ3v) is 5.67. The summed E-state index contributed by atoms with van der Waals surface area (Å²) in [4.78, 5) is 33.2. The molecule has 2 aromatic carbocycles. The molecule has 0 unspecified atom stereocenters. The van der Waals surface area contributed by atoms with Gasteiger partial charge in [-0.25, -0.2) is 14.8 Å². The monoisotopic (exact) mass is 528 g/mol. The highest BCUT2D eigenvalue weighted by atomic mass is 19.4. The van der Waals surface area contributed by atoms with Crippen LogP contribution in [0.1, 0.15) is 23.4 Å². The van der Waals surface area contributed by atoms with Gasteiger partial charge in [-0.05, 0) is 47.5 Å². The highest BCUT2D eigenvalue weighted by molar-refractivity contribution is 5.84. The Morgan fingerprint density at radius 2 is 1.71 bits per heavy atom. The van der Waals surface area contributed by atoms with Crippen LogP contribution in [0.3, 0.4) is 0 Å². The van der Waals surface area contributed by atoms with Crippen molar-refractivity contribution in [3.05, 3.63) is 83.8 Å². The summed E-state index contributed by atoms with van der Waals surface area (Å²) in [7, 11) is 0. The number of rotatable bonds is 10. The molecule has 0 fully saturated rings. The molecule has 1 amide bonds. The number of carbonyl (C=O) groups is 2. The number of amides is 1. The van der Waals surface area contributed by atoms with Crippen molar-refractivity contribution in [1.29, 1.82) is 0 Å². The van der Waals surface area contributed by atoms with Gasteiger partial charge in [0.25, 0.3) is 0 Å². The summed E-state index contributed by atoms with van der Waals surface area (Å²) in [5.41, 5.74) is 2.41. The number of carboxylic acids is 1. The summed E-state index contributed by atoms with van der Waals surface area (Å²) >= 11 is 0. The number of imidazole rings is 1. The SMILES string of the molecule is O=C(CCc1nc2cccnc2n1Cc1ccc(OC(F)(F)F)cc1)N[C@@H](Cc1ccc(O)cc1)C(=O)O. The van der Waals surface area contributed by atoms with E-state index in [0.717, 1.165) is 0 Å². The third kappa shape index (κ3) is 6.99. The molecule has 0 saturated heterocycles. The zero-order valence-electron chi connectivity index (χ0n) is 19.9. The number of pyridine rings is 1. The number of aliphatic carboxylic acids is 1. The number of phenols is 1. The Morgan fingerprint density at radius 3 is 2.37 bits per heavy atom. The Labute approximate surface area is 214 Å². The summed E-state index contributed by atoms with van der Waals surface area (Å²) < 4.78 is 43.0. The Bertz CT molecular complexity index is 1420. The molecule has 0 spiro atoms. The predicted molar refractivity (Wildman–Crippen MR) is 129 cm³/mol. The van der Waals surface area contributed by atoms with E-state index in [9.17, 15) is 33.0 Å². The molecule has 0 radical (unpaired) electrons. The average Bonchev–Trinajstić information content (AvgIpc) is 3.21. The van der Waals surface area contributed by atoms with E-state index in [1.807, 2.05) is 0 Å². The molecule has 0 bridgehead atoms. The van der Waals surface area contributed by atoms with Crippen LogP contribution in [0.4, 0.5) is 13.2 Å². The van der Waals surface area contributed by atoms with Crippen LogP contribution in [0.5, 0.6) is 11.5 Å². The van der Waals surface area contributed by atoms with Crippen molar-refractivity contribution in [1.82, 2.24) is 19.9 Å². The maximum atomic E-state index is 12.6. The van der Waals surface area contributed by atoms with Crippen molar-refractivity contribution in [3.8, 4) is 11.5 Å². The number of nitrogens with one attached hydrogen (secondary N) is 1. The van der Waals surface area contributed by atoms with Crippen LogP contribution >= 0.6 is 0 Å². The maximum Gasteiger partial charge on any atom is 0.573 e. The number of ether oxygens (including phenoxy) is 1. The highest BCUT2D eigenvalue weighted by Gasteiger charge is 2.31. The highest BCUT2D eigenvalue weighted by Crippen LogP contribution is 2.24. The number of carbonyl (C=O) groups excluding carboxylic acids is 1.